The number of likely N-dealkylation sites (N-methyl/N-ethyl adjacent to an activating group) is 4. The summed E-state index contributed by atoms with van der Waals surface area (Å²) in [6.45, 7) is 14.7. The summed E-state index contributed by atoms with van der Waals surface area (Å²) in [6.07, 6.45) is 3.67. The average Bonchev–Trinajstić information content (AvgIpc) is 2.95. The number of nitrogens with zero attached hydrogens (tertiary/aromatic N) is 4. The molecule has 4 nitrogen and oxygen atoms in total. The molecule has 0 aromatic rings. The Labute approximate surface area is 138 Å². The van der Waals surface area contributed by atoms with Gasteiger partial charge in [-0.1, -0.05) is 20.8 Å². The standard InChI is InChI=1S/2C9H19N2/c1-5-8-7-10(3)9(6-2)11(8)4;1-5-9-7-10(4)8(3)11(9)6-2/h8H,5-7H2,1-4H3;9H,5-7H2,1-4H3/q2*+1. The van der Waals surface area contributed by atoms with Crippen LogP contribution in [0.5, 0.6) is 0 Å². The Morgan fingerprint density at radius 2 is 1.50 bits per heavy atom. The van der Waals surface area contributed by atoms with Crippen molar-refractivity contribution in [2.75, 3.05) is 40.8 Å². The Kier molecular flexibility index (Phi) is 7.37. The molecule has 2 atom stereocenters. The van der Waals surface area contributed by atoms with Gasteiger partial charge in [0.15, 0.2) is 0 Å². The molecule has 0 bridgehead atoms. The molecule has 0 radical (unpaired) electrons. The Hall–Kier alpha value is -1.06. The molecule has 0 saturated carbocycles. The number of hydrogen-bond donors (Lipinski definition) is 0. The Bertz CT molecular complexity index is 425. The molecule has 0 spiro atoms. The van der Waals surface area contributed by atoms with E-state index in [0.29, 0.717) is 0 Å². The van der Waals surface area contributed by atoms with Crippen LogP contribution in [0.25, 0.3) is 0 Å². The monoisotopic (exact) mass is 310 g/mol. The van der Waals surface area contributed by atoms with E-state index in [2.05, 4.69) is 74.7 Å². The van der Waals surface area contributed by atoms with Gasteiger partial charge in [0.05, 0.1) is 27.7 Å². The minimum Gasteiger partial charge on any atom is -0.264 e. The smallest absolute Gasteiger partial charge is 0.246 e. The first-order valence-electron chi connectivity index (χ1n) is 9.02. The van der Waals surface area contributed by atoms with Gasteiger partial charge in [-0.05, 0) is 19.8 Å². The second-order valence-corrected chi connectivity index (χ2v) is 6.60. The summed E-state index contributed by atoms with van der Waals surface area (Å²) >= 11 is 0. The molecule has 0 saturated heterocycles. The number of rotatable bonds is 4. The quantitative estimate of drug-likeness (QED) is 0.739. The van der Waals surface area contributed by atoms with E-state index >= 15 is 0 Å². The summed E-state index contributed by atoms with van der Waals surface area (Å²) < 4.78 is 4.90. The van der Waals surface area contributed by atoms with Crippen molar-refractivity contribution in [2.45, 2.75) is 66.0 Å². The normalized spacial score (nSPS) is 25.1. The molecule has 0 fully saturated rings. The summed E-state index contributed by atoms with van der Waals surface area (Å²) in [4.78, 5) is 4.71. The Balaban J connectivity index is 0.000000220. The van der Waals surface area contributed by atoms with Crippen molar-refractivity contribution in [1.29, 1.82) is 0 Å². The highest BCUT2D eigenvalue weighted by atomic mass is 15.3. The minimum atomic E-state index is 0.745. The molecular weight excluding hydrogens is 272 g/mol. The Morgan fingerprint density at radius 1 is 0.955 bits per heavy atom. The maximum atomic E-state index is 2.49. The number of amidine groups is 2. The molecular formula is C18H38N4+2. The molecule has 0 aromatic carbocycles. The maximum absolute atomic E-state index is 2.49. The maximum Gasteiger partial charge on any atom is 0.246 e. The molecule has 0 N–H and O–H groups in total. The SMILES string of the molecule is CCC1=[N+](C)C(CC)CN1C.CCC1CN(C)C(C)=[N+]1CC. The second kappa shape index (κ2) is 8.54. The zero-order chi connectivity index (χ0) is 16.9. The van der Waals surface area contributed by atoms with Gasteiger partial charge in [0.25, 0.3) is 0 Å². The lowest BCUT2D eigenvalue weighted by Crippen LogP contribution is -2.24. The van der Waals surface area contributed by atoms with Crippen molar-refractivity contribution in [2.24, 2.45) is 0 Å². The van der Waals surface area contributed by atoms with Gasteiger partial charge in [-0.3, -0.25) is 19.0 Å². The van der Waals surface area contributed by atoms with Gasteiger partial charge in [-0.25, -0.2) is 0 Å². The number of hydrogen-bond acceptors (Lipinski definition) is 2. The van der Waals surface area contributed by atoms with Crippen LogP contribution in [0.4, 0.5) is 0 Å². The first kappa shape index (κ1) is 19.0. The second-order valence-electron chi connectivity index (χ2n) is 6.60. The fourth-order valence-electron chi connectivity index (χ4n) is 3.81. The van der Waals surface area contributed by atoms with E-state index in [1.165, 1.54) is 37.6 Å². The molecule has 2 aliphatic rings. The van der Waals surface area contributed by atoms with Crippen LogP contribution >= 0.6 is 0 Å². The van der Waals surface area contributed by atoms with Crippen LogP contribution in [0.2, 0.25) is 0 Å². The summed E-state index contributed by atoms with van der Waals surface area (Å²) in [6, 6.07) is 1.50. The van der Waals surface area contributed by atoms with E-state index in [0.717, 1.165) is 25.0 Å². The lowest BCUT2D eigenvalue weighted by Gasteiger charge is -2.06. The van der Waals surface area contributed by atoms with Crippen LogP contribution in [-0.2, 0) is 0 Å². The van der Waals surface area contributed by atoms with Gasteiger partial charge >= 0.3 is 0 Å². The third-order valence-corrected chi connectivity index (χ3v) is 5.37. The molecule has 2 unspecified atom stereocenters. The summed E-state index contributed by atoms with van der Waals surface area (Å²) in [5.41, 5.74) is 0. The van der Waals surface area contributed by atoms with E-state index in [1.54, 1.807) is 0 Å². The third kappa shape index (κ3) is 4.02. The lowest BCUT2D eigenvalue weighted by atomic mass is 10.2. The van der Waals surface area contributed by atoms with Crippen LogP contribution in [-0.4, -0.2) is 83.5 Å². The topological polar surface area (TPSA) is 12.5 Å². The summed E-state index contributed by atoms with van der Waals surface area (Å²) in [7, 11) is 6.56. The zero-order valence-corrected chi connectivity index (χ0v) is 16.2. The summed E-state index contributed by atoms with van der Waals surface area (Å²) in [5.74, 6) is 2.91. The van der Waals surface area contributed by atoms with Gasteiger partial charge in [0.2, 0.25) is 11.7 Å². The molecule has 128 valence electrons. The highest BCUT2D eigenvalue weighted by molar-refractivity contribution is 5.78. The van der Waals surface area contributed by atoms with Gasteiger partial charge in [-0.15, -0.1) is 0 Å². The molecule has 0 aliphatic carbocycles. The van der Waals surface area contributed by atoms with Crippen molar-refractivity contribution < 1.29 is 9.15 Å². The third-order valence-electron chi connectivity index (χ3n) is 5.37. The van der Waals surface area contributed by atoms with Gasteiger partial charge < -0.3 is 0 Å². The van der Waals surface area contributed by atoms with Gasteiger partial charge in [-0.2, -0.15) is 0 Å². The van der Waals surface area contributed by atoms with Crippen LogP contribution in [0.1, 0.15) is 53.9 Å². The van der Waals surface area contributed by atoms with Crippen molar-refractivity contribution in [1.82, 2.24) is 9.80 Å². The van der Waals surface area contributed by atoms with E-state index in [-0.39, 0.29) is 0 Å². The first-order chi connectivity index (χ1) is 10.4. The predicted octanol–water partition coefficient (Wildman–Crippen LogP) is 2.32. The molecule has 4 heteroatoms. The van der Waals surface area contributed by atoms with Gasteiger partial charge in [0, 0.05) is 13.3 Å². The lowest BCUT2D eigenvalue weighted by molar-refractivity contribution is -0.553. The van der Waals surface area contributed by atoms with Crippen molar-refractivity contribution >= 4 is 11.7 Å². The van der Waals surface area contributed by atoms with E-state index in [1.807, 2.05) is 0 Å². The van der Waals surface area contributed by atoms with Crippen molar-refractivity contribution in [3.05, 3.63) is 0 Å². The molecule has 0 aromatic heterocycles. The zero-order valence-electron chi connectivity index (χ0n) is 16.2. The summed E-state index contributed by atoms with van der Waals surface area (Å²) in [5, 5.41) is 0. The van der Waals surface area contributed by atoms with E-state index < -0.39 is 0 Å². The van der Waals surface area contributed by atoms with Crippen LogP contribution in [0.3, 0.4) is 0 Å². The molecule has 0 amide bonds. The van der Waals surface area contributed by atoms with E-state index in [4.69, 9.17) is 0 Å². The van der Waals surface area contributed by atoms with E-state index in [9.17, 15) is 0 Å². The fourth-order valence-corrected chi connectivity index (χ4v) is 3.81. The predicted molar refractivity (Wildman–Crippen MR) is 96.4 cm³/mol. The highest BCUT2D eigenvalue weighted by Crippen LogP contribution is 2.10. The minimum absolute atomic E-state index is 0.745. The Morgan fingerprint density at radius 3 is 1.82 bits per heavy atom. The molecule has 2 aliphatic heterocycles. The van der Waals surface area contributed by atoms with Crippen LogP contribution in [0.15, 0.2) is 0 Å². The molecule has 2 heterocycles. The fraction of sp³-hybridized carbons (Fsp3) is 0.889. The first-order valence-corrected chi connectivity index (χ1v) is 9.02. The average molecular weight is 311 g/mol. The van der Waals surface area contributed by atoms with Crippen molar-refractivity contribution in [3.63, 3.8) is 0 Å². The largest absolute Gasteiger partial charge is 0.264 e. The molecule has 22 heavy (non-hydrogen) atoms. The van der Waals surface area contributed by atoms with Crippen LogP contribution < -0.4 is 0 Å². The van der Waals surface area contributed by atoms with Crippen molar-refractivity contribution in [3.8, 4) is 0 Å². The highest BCUT2D eigenvalue weighted by Gasteiger charge is 2.31. The van der Waals surface area contributed by atoms with Crippen LogP contribution in [0, 0.1) is 0 Å². The van der Waals surface area contributed by atoms with Gasteiger partial charge in [0.1, 0.15) is 25.2 Å². The molecule has 2 rings (SSSR count).